The maximum Gasteiger partial charge on any atom is 0.119 e. The number of hydrogen-bond acceptors (Lipinski definition) is 3. The minimum absolute atomic E-state index is 0.268. The molecule has 0 spiro atoms. The number of benzene rings is 1. The zero-order valence-corrected chi connectivity index (χ0v) is 12.5. The number of nitrogens with one attached hydrogen (secondary N) is 1. The summed E-state index contributed by atoms with van der Waals surface area (Å²) in [7, 11) is 3.93. The SMILES string of the molecule is CCCOc1cccc(C(Cc2cnn(C)c2)NC)c1. The third kappa shape index (κ3) is 3.84. The lowest BCUT2D eigenvalue weighted by Crippen LogP contribution is -2.18. The molecule has 1 aromatic heterocycles. The number of rotatable bonds is 7. The summed E-state index contributed by atoms with van der Waals surface area (Å²) >= 11 is 0. The second-order valence-corrected chi connectivity index (χ2v) is 4.99. The van der Waals surface area contributed by atoms with Crippen LogP contribution in [0.15, 0.2) is 36.7 Å². The lowest BCUT2D eigenvalue weighted by molar-refractivity contribution is 0.317. The molecule has 0 fully saturated rings. The van der Waals surface area contributed by atoms with Gasteiger partial charge < -0.3 is 10.1 Å². The van der Waals surface area contributed by atoms with Gasteiger partial charge in [-0.1, -0.05) is 19.1 Å². The Morgan fingerprint density at radius 1 is 1.40 bits per heavy atom. The standard InChI is InChI=1S/C16H23N3O/c1-4-8-20-15-7-5-6-14(10-15)16(17-2)9-13-11-18-19(3)12-13/h5-7,10-12,16-17H,4,8-9H2,1-3H3. The van der Waals surface area contributed by atoms with E-state index in [2.05, 4.69) is 35.7 Å². The summed E-state index contributed by atoms with van der Waals surface area (Å²) in [6, 6.07) is 8.58. The van der Waals surface area contributed by atoms with Crippen LogP contribution in [0.2, 0.25) is 0 Å². The molecule has 0 aliphatic carbocycles. The van der Waals surface area contributed by atoms with Gasteiger partial charge in [0.05, 0.1) is 12.8 Å². The van der Waals surface area contributed by atoms with E-state index in [1.807, 2.05) is 37.1 Å². The van der Waals surface area contributed by atoms with Crippen LogP contribution in [-0.2, 0) is 13.5 Å². The van der Waals surface area contributed by atoms with Crippen LogP contribution in [-0.4, -0.2) is 23.4 Å². The third-order valence-corrected chi connectivity index (χ3v) is 3.28. The maximum atomic E-state index is 5.70. The average molecular weight is 273 g/mol. The molecule has 108 valence electrons. The molecule has 1 unspecified atom stereocenters. The molecule has 0 radical (unpaired) electrons. The average Bonchev–Trinajstić information content (AvgIpc) is 2.88. The highest BCUT2D eigenvalue weighted by atomic mass is 16.5. The van der Waals surface area contributed by atoms with Crippen molar-refractivity contribution in [2.24, 2.45) is 7.05 Å². The van der Waals surface area contributed by atoms with Crippen LogP contribution in [0.1, 0.15) is 30.5 Å². The molecule has 1 heterocycles. The fourth-order valence-corrected chi connectivity index (χ4v) is 2.24. The molecule has 1 aromatic carbocycles. The molecule has 20 heavy (non-hydrogen) atoms. The number of aryl methyl sites for hydroxylation is 1. The minimum atomic E-state index is 0.268. The number of aromatic nitrogens is 2. The second kappa shape index (κ2) is 7.10. The second-order valence-electron chi connectivity index (χ2n) is 4.99. The van der Waals surface area contributed by atoms with Crippen LogP contribution in [0.3, 0.4) is 0 Å². The highest BCUT2D eigenvalue weighted by molar-refractivity contribution is 5.31. The first-order chi connectivity index (χ1) is 9.72. The molecule has 4 heteroatoms. The van der Waals surface area contributed by atoms with E-state index in [4.69, 9.17) is 4.74 Å². The predicted molar refractivity (Wildman–Crippen MR) is 80.9 cm³/mol. The van der Waals surface area contributed by atoms with Gasteiger partial charge >= 0.3 is 0 Å². The molecule has 1 N–H and O–H groups in total. The Balaban J connectivity index is 2.10. The van der Waals surface area contributed by atoms with E-state index in [9.17, 15) is 0 Å². The van der Waals surface area contributed by atoms with Crippen LogP contribution in [0, 0.1) is 0 Å². The van der Waals surface area contributed by atoms with Crippen molar-refractivity contribution in [2.75, 3.05) is 13.7 Å². The summed E-state index contributed by atoms with van der Waals surface area (Å²) in [4.78, 5) is 0. The molecule has 0 saturated carbocycles. The van der Waals surface area contributed by atoms with Crippen molar-refractivity contribution in [3.05, 3.63) is 47.8 Å². The normalized spacial score (nSPS) is 12.3. The summed E-state index contributed by atoms with van der Waals surface area (Å²) in [5.74, 6) is 0.941. The zero-order valence-electron chi connectivity index (χ0n) is 12.5. The van der Waals surface area contributed by atoms with E-state index >= 15 is 0 Å². The highest BCUT2D eigenvalue weighted by Crippen LogP contribution is 2.22. The smallest absolute Gasteiger partial charge is 0.119 e. The van der Waals surface area contributed by atoms with Gasteiger partial charge in [0.1, 0.15) is 5.75 Å². The van der Waals surface area contributed by atoms with Crippen molar-refractivity contribution in [1.82, 2.24) is 15.1 Å². The number of ether oxygens (including phenoxy) is 1. The first kappa shape index (κ1) is 14.6. The molecule has 0 aliphatic rings. The maximum absolute atomic E-state index is 5.70. The van der Waals surface area contributed by atoms with E-state index < -0.39 is 0 Å². The van der Waals surface area contributed by atoms with Gasteiger partial charge in [-0.25, -0.2) is 0 Å². The summed E-state index contributed by atoms with van der Waals surface area (Å²) in [5, 5.41) is 7.59. The fourth-order valence-electron chi connectivity index (χ4n) is 2.24. The first-order valence-electron chi connectivity index (χ1n) is 7.10. The molecule has 4 nitrogen and oxygen atoms in total. The Hall–Kier alpha value is -1.81. The van der Waals surface area contributed by atoms with Crippen molar-refractivity contribution in [3.63, 3.8) is 0 Å². The fraction of sp³-hybridized carbons (Fsp3) is 0.438. The van der Waals surface area contributed by atoms with Crippen molar-refractivity contribution in [1.29, 1.82) is 0 Å². The van der Waals surface area contributed by atoms with Gasteiger partial charge in [0.2, 0.25) is 0 Å². The molecule has 0 amide bonds. The van der Waals surface area contributed by atoms with E-state index in [-0.39, 0.29) is 6.04 Å². The molecular weight excluding hydrogens is 250 g/mol. The molecule has 1 atom stereocenters. The van der Waals surface area contributed by atoms with Gasteiger partial charge in [0.25, 0.3) is 0 Å². The van der Waals surface area contributed by atoms with Crippen molar-refractivity contribution >= 4 is 0 Å². The van der Waals surface area contributed by atoms with Gasteiger partial charge in [-0.15, -0.1) is 0 Å². The molecule has 0 aliphatic heterocycles. The lowest BCUT2D eigenvalue weighted by atomic mass is 10.0. The molecule has 2 aromatic rings. The summed E-state index contributed by atoms with van der Waals surface area (Å²) in [5.41, 5.74) is 2.47. The van der Waals surface area contributed by atoms with E-state index in [1.165, 1.54) is 11.1 Å². The summed E-state index contributed by atoms with van der Waals surface area (Å²) in [6.07, 6.45) is 5.92. The van der Waals surface area contributed by atoms with Gasteiger partial charge in [-0.2, -0.15) is 5.10 Å². The van der Waals surface area contributed by atoms with Crippen molar-refractivity contribution in [2.45, 2.75) is 25.8 Å². The van der Waals surface area contributed by atoms with Crippen LogP contribution in [0.4, 0.5) is 0 Å². The van der Waals surface area contributed by atoms with Crippen molar-refractivity contribution in [3.8, 4) is 5.75 Å². The van der Waals surface area contributed by atoms with Crippen LogP contribution in [0.5, 0.6) is 5.75 Å². The largest absolute Gasteiger partial charge is 0.494 e. The molecular formula is C16H23N3O. The number of hydrogen-bond donors (Lipinski definition) is 1. The van der Waals surface area contributed by atoms with Gasteiger partial charge in [0.15, 0.2) is 0 Å². The third-order valence-electron chi connectivity index (χ3n) is 3.28. The summed E-state index contributed by atoms with van der Waals surface area (Å²) in [6.45, 7) is 2.87. The Bertz CT molecular complexity index is 536. The molecule has 2 rings (SSSR count). The summed E-state index contributed by atoms with van der Waals surface area (Å²) < 4.78 is 7.54. The van der Waals surface area contributed by atoms with Crippen LogP contribution < -0.4 is 10.1 Å². The lowest BCUT2D eigenvalue weighted by Gasteiger charge is -2.17. The van der Waals surface area contributed by atoms with Gasteiger partial charge in [-0.3, -0.25) is 4.68 Å². The molecule has 0 saturated heterocycles. The minimum Gasteiger partial charge on any atom is -0.494 e. The number of likely N-dealkylation sites (N-methyl/N-ethyl adjacent to an activating group) is 1. The Labute approximate surface area is 120 Å². The Kier molecular flexibility index (Phi) is 5.18. The first-order valence-corrected chi connectivity index (χ1v) is 7.10. The van der Waals surface area contributed by atoms with E-state index in [1.54, 1.807) is 0 Å². The number of nitrogens with zero attached hydrogens (tertiary/aromatic N) is 2. The van der Waals surface area contributed by atoms with Gasteiger partial charge in [-0.05, 0) is 43.1 Å². The Morgan fingerprint density at radius 3 is 2.90 bits per heavy atom. The zero-order chi connectivity index (χ0) is 14.4. The van der Waals surface area contributed by atoms with Crippen LogP contribution >= 0.6 is 0 Å². The van der Waals surface area contributed by atoms with E-state index in [0.29, 0.717) is 0 Å². The monoisotopic (exact) mass is 273 g/mol. The van der Waals surface area contributed by atoms with Gasteiger partial charge in [0, 0.05) is 19.3 Å². The van der Waals surface area contributed by atoms with Crippen LogP contribution in [0.25, 0.3) is 0 Å². The highest BCUT2D eigenvalue weighted by Gasteiger charge is 2.12. The quantitative estimate of drug-likeness (QED) is 0.843. The predicted octanol–water partition coefficient (Wildman–Crippen LogP) is 2.71. The molecule has 0 bridgehead atoms. The van der Waals surface area contributed by atoms with E-state index in [0.717, 1.165) is 25.2 Å². The topological polar surface area (TPSA) is 39.1 Å². The van der Waals surface area contributed by atoms with Crippen molar-refractivity contribution < 1.29 is 4.74 Å². The Morgan fingerprint density at radius 2 is 2.25 bits per heavy atom.